The molecule has 4 heteroatoms. The second-order valence-corrected chi connectivity index (χ2v) is 6.97. The van der Waals surface area contributed by atoms with Gasteiger partial charge in [-0.1, -0.05) is 12.1 Å². The topological polar surface area (TPSA) is 30.9 Å². The van der Waals surface area contributed by atoms with Crippen molar-refractivity contribution in [3.63, 3.8) is 0 Å². The van der Waals surface area contributed by atoms with Gasteiger partial charge in [-0.25, -0.2) is 0 Å². The summed E-state index contributed by atoms with van der Waals surface area (Å²) in [7, 11) is 0. The van der Waals surface area contributed by atoms with Crippen molar-refractivity contribution in [3.8, 4) is 17.2 Å². The highest BCUT2D eigenvalue weighted by Gasteiger charge is 2.35. The van der Waals surface area contributed by atoms with Gasteiger partial charge in [-0.3, -0.25) is 4.90 Å². The van der Waals surface area contributed by atoms with E-state index in [-0.39, 0.29) is 0 Å². The van der Waals surface area contributed by atoms with Crippen LogP contribution in [-0.4, -0.2) is 30.6 Å². The molecule has 0 amide bonds. The summed E-state index contributed by atoms with van der Waals surface area (Å²) in [5, 5.41) is 0. The molecule has 3 saturated heterocycles. The quantitative estimate of drug-likeness (QED) is 0.850. The van der Waals surface area contributed by atoms with Crippen LogP contribution in [0.5, 0.6) is 17.2 Å². The molecule has 6 rings (SSSR count). The number of benzene rings is 2. The lowest BCUT2D eigenvalue weighted by Gasteiger charge is -2.44. The maximum absolute atomic E-state index is 6.25. The van der Waals surface area contributed by atoms with Crippen molar-refractivity contribution in [1.82, 2.24) is 4.90 Å². The second kappa shape index (κ2) is 6.12. The van der Waals surface area contributed by atoms with Gasteiger partial charge in [0.1, 0.15) is 18.1 Å². The SMILES string of the molecule is C1=C(c2ccc(OC3CN4CCC3CC4)cc2)Oc2ccccc2O1. The maximum Gasteiger partial charge on any atom is 0.170 e. The lowest BCUT2D eigenvalue weighted by molar-refractivity contribution is -0.00776. The van der Waals surface area contributed by atoms with Crippen LogP contribution in [-0.2, 0) is 0 Å². The van der Waals surface area contributed by atoms with E-state index < -0.39 is 0 Å². The summed E-state index contributed by atoms with van der Waals surface area (Å²) in [6.07, 6.45) is 4.51. The predicted molar refractivity (Wildman–Crippen MR) is 95.7 cm³/mol. The molecule has 4 heterocycles. The van der Waals surface area contributed by atoms with Gasteiger partial charge in [0.05, 0.1) is 0 Å². The first-order chi connectivity index (χ1) is 12.3. The fourth-order valence-electron chi connectivity index (χ4n) is 3.94. The molecule has 4 aliphatic heterocycles. The van der Waals surface area contributed by atoms with Gasteiger partial charge in [0.25, 0.3) is 0 Å². The largest absolute Gasteiger partial charge is 0.489 e. The van der Waals surface area contributed by atoms with Gasteiger partial charge in [-0.2, -0.15) is 0 Å². The molecule has 0 N–H and O–H groups in total. The number of hydrogen-bond acceptors (Lipinski definition) is 4. The number of ether oxygens (including phenoxy) is 3. The van der Waals surface area contributed by atoms with Crippen molar-refractivity contribution in [2.45, 2.75) is 18.9 Å². The van der Waals surface area contributed by atoms with Crippen LogP contribution < -0.4 is 14.2 Å². The van der Waals surface area contributed by atoms with Crippen LogP contribution in [0.25, 0.3) is 5.76 Å². The van der Waals surface area contributed by atoms with Crippen LogP contribution in [0.4, 0.5) is 0 Å². The first-order valence-corrected chi connectivity index (χ1v) is 8.98. The maximum atomic E-state index is 6.25. The van der Waals surface area contributed by atoms with E-state index in [1.807, 2.05) is 48.5 Å². The van der Waals surface area contributed by atoms with Crippen LogP contribution in [0.1, 0.15) is 18.4 Å². The van der Waals surface area contributed by atoms with Gasteiger partial charge >= 0.3 is 0 Å². The van der Waals surface area contributed by atoms with E-state index >= 15 is 0 Å². The van der Waals surface area contributed by atoms with Crippen molar-refractivity contribution < 1.29 is 14.2 Å². The zero-order valence-electron chi connectivity index (χ0n) is 14.1. The number of hydrogen-bond donors (Lipinski definition) is 0. The smallest absolute Gasteiger partial charge is 0.170 e. The number of piperidine rings is 3. The third kappa shape index (κ3) is 2.87. The molecule has 0 aromatic heterocycles. The van der Waals surface area contributed by atoms with Crippen molar-refractivity contribution >= 4 is 5.76 Å². The minimum absolute atomic E-state index is 0.328. The van der Waals surface area contributed by atoms with Gasteiger partial charge in [-0.15, -0.1) is 0 Å². The fourth-order valence-corrected chi connectivity index (χ4v) is 3.94. The highest BCUT2D eigenvalue weighted by molar-refractivity contribution is 5.65. The van der Waals surface area contributed by atoms with E-state index in [1.54, 1.807) is 6.26 Å². The van der Waals surface area contributed by atoms with Crippen LogP contribution in [0.3, 0.4) is 0 Å². The summed E-state index contributed by atoms with van der Waals surface area (Å²) in [5.74, 6) is 3.84. The zero-order valence-corrected chi connectivity index (χ0v) is 14.1. The van der Waals surface area contributed by atoms with Crippen molar-refractivity contribution in [3.05, 3.63) is 60.4 Å². The van der Waals surface area contributed by atoms with Gasteiger partial charge in [-0.05, 0) is 68.2 Å². The molecule has 2 aromatic carbocycles. The molecule has 2 bridgehead atoms. The molecule has 0 spiro atoms. The fraction of sp³-hybridized carbons (Fsp3) is 0.333. The Morgan fingerprint density at radius 1 is 0.920 bits per heavy atom. The van der Waals surface area contributed by atoms with E-state index in [2.05, 4.69) is 4.90 Å². The Morgan fingerprint density at radius 3 is 2.40 bits per heavy atom. The molecule has 4 aliphatic rings. The predicted octanol–water partition coefficient (Wildman–Crippen LogP) is 3.93. The van der Waals surface area contributed by atoms with Crippen LogP contribution >= 0.6 is 0 Å². The average Bonchev–Trinajstić information content (AvgIpc) is 2.69. The Balaban J connectivity index is 1.29. The molecule has 4 nitrogen and oxygen atoms in total. The molecular formula is C21H21NO3. The van der Waals surface area contributed by atoms with Crippen LogP contribution in [0.15, 0.2) is 54.8 Å². The summed E-state index contributed by atoms with van der Waals surface area (Å²) >= 11 is 0. The van der Waals surface area contributed by atoms with Gasteiger partial charge in [0.15, 0.2) is 17.3 Å². The highest BCUT2D eigenvalue weighted by atomic mass is 16.6. The Hall–Kier alpha value is -2.46. The van der Waals surface area contributed by atoms with Crippen molar-refractivity contribution in [2.24, 2.45) is 5.92 Å². The molecule has 1 atom stereocenters. The minimum atomic E-state index is 0.328. The number of para-hydroxylation sites is 2. The van der Waals surface area contributed by atoms with Gasteiger partial charge in [0.2, 0.25) is 0 Å². The lowest BCUT2D eigenvalue weighted by Crippen LogP contribution is -2.52. The monoisotopic (exact) mass is 335 g/mol. The molecule has 128 valence electrons. The molecule has 0 aliphatic carbocycles. The minimum Gasteiger partial charge on any atom is -0.489 e. The van der Waals surface area contributed by atoms with E-state index in [1.165, 1.54) is 25.9 Å². The Labute approximate surface area is 147 Å². The number of nitrogens with zero attached hydrogens (tertiary/aromatic N) is 1. The molecular weight excluding hydrogens is 314 g/mol. The summed E-state index contributed by atoms with van der Waals surface area (Å²) in [5.41, 5.74) is 0.982. The molecule has 1 unspecified atom stereocenters. The van der Waals surface area contributed by atoms with E-state index in [0.717, 1.165) is 29.4 Å². The second-order valence-electron chi connectivity index (χ2n) is 6.97. The Bertz CT molecular complexity index is 791. The molecule has 2 aromatic rings. The Morgan fingerprint density at radius 2 is 1.68 bits per heavy atom. The lowest BCUT2D eigenvalue weighted by atomic mass is 9.86. The van der Waals surface area contributed by atoms with Crippen molar-refractivity contribution in [1.29, 1.82) is 0 Å². The molecule has 3 fully saturated rings. The van der Waals surface area contributed by atoms with Crippen molar-refractivity contribution in [2.75, 3.05) is 19.6 Å². The molecule has 0 saturated carbocycles. The molecule has 0 radical (unpaired) electrons. The van der Waals surface area contributed by atoms with E-state index in [9.17, 15) is 0 Å². The zero-order chi connectivity index (χ0) is 16.6. The summed E-state index contributed by atoms with van der Waals surface area (Å²) < 4.78 is 17.8. The summed E-state index contributed by atoms with van der Waals surface area (Å²) in [6.45, 7) is 3.53. The normalized spacial score (nSPS) is 26.9. The standard InChI is InChI=1S/C21H21NO3/c1-2-4-19-18(3-1)23-14-21(25-19)15-5-7-17(8-6-15)24-20-13-22-11-9-16(20)10-12-22/h1-8,14,16,20H,9-13H2. The van der Waals surface area contributed by atoms with Gasteiger partial charge in [0, 0.05) is 12.1 Å². The van der Waals surface area contributed by atoms with E-state index in [4.69, 9.17) is 14.2 Å². The first kappa shape index (κ1) is 14.8. The average molecular weight is 335 g/mol. The van der Waals surface area contributed by atoms with Crippen LogP contribution in [0, 0.1) is 5.92 Å². The third-order valence-electron chi connectivity index (χ3n) is 5.38. The highest BCUT2D eigenvalue weighted by Crippen LogP contribution is 2.35. The Kier molecular flexibility index (Phi) is 3.63. The first-order valence-electron chi connectivity index (χ1n) is 8.98. The summed E-state index contributed by atoms with van der Waals surface area (Å²) in [4.78, 5) is 2.51. The molecule has 25 heavy (non-hydrogen) atoms. The van der Waals surface area contributed by atoms with E-state index in [0.29, 0.717) is 17.8 Å². The third-order valence-corrected chi connectivity index (χ3v) is 5.38. The number of fused-ring (bicyclic) bond motifs is 4. The van der Waals surface area contributed by atoms with Crippen LogP contribution in [0.2, 0.25) is 0 Å². The summed E-state index contributed by atoms with van der Waals surface area (Å²) in [6, 6.07) is 15.8. The van der Waals surface area contributed by atoms with Gasteiger partial charge < -0.3 is 14.2 Å². The number of rotatable bonds is 3.